The van der Waals surface area contributed by atoms with Gasteiger partial charge >= 0.3 is 6.18 Å². The molecule has 0 spiro atoms. The van der Waals surface area contributed by atoms with Crippen molar-refractivity contribution in [1.29, 1.82) is 0 Å². The summed E-state index contributed by atoms with van der Waals surface area (Å²) in [6.45, 7) is 0.195. The molecule has 0 saturated carbocycles. The molecule has 0 aliphatic rings. The highest BCUT2D eigenvalue weighted by Crippen LogP contribution is 2.30. The van der Waals surface area contributed by atoms with Crippen molar-refractivity contribution in [1.82, 2.24) is 4.98 Å². The third kappa shape index (κ3) is 5.10. The highest BCUT2D eigenvalue weighted by atomic mass is 35.5. The maximum atomic E-state index is 12.9. The largest absolute Gasteiger partial charge is 0.416 e. The van der Waals surface area contributed by atoms with Gasteiger partial charge in [0.15, 0.2) is 0 Å². The van der Waals surface area contributed by atoms with Crippen LogP contribution in [0.3, 0.4) is 0 Å². The summed E-state index contributed by atoms with van der Waals surface area (Å²) in [5.74, 6) is -0.340. The second-order valence-electron chi connectivity index (χ2n) is 6.15. The van der Waals surface area contributed by atoms with Gasteiger partial charge in [-0.25, -0.2) is 0 Å². The lowest BCUT2D eigenvalue weighted by Crippen LogP contribution is -2.32. The summed E-state index contributed by atoms with van der Waals surface area (Å²) < 4.78 is 38.8. The van der Waals surface area contributed by atoms with Crippen LogP contribution in [0.5, 0.6) is 0 Å². The average molecular weight is 405 g/mol. The van der Waals surface area contributed by atoms with Crippen molar-refractivity contribution in [2.45, 2.75) is 19.1 Å². The van der Waals surface area contributed by atoms with Gasteiger partial charge in [-0.2, -0.15) is 13.2 Å². The van der Waals surface area contributed by atoms with Crippen molar-refractivity contribution < 1.29 is 18.0 Å². The maximum Gasteiger partial charge on any atom is 0.416 e. The van der Waals surface area contributed by atoms with Gasteiger partial charge in [-0.05, 0) is 48.0 Å². The van der Waals surface area contributed by atoms with Crippen LogP contribution < -0.4 is 4.90 Å². The molecule has 1 heterocycles. The van der Waals surface area contributed by atoms with E-state index in [1.807, 2.05) is 0 Å². The van der Waals surface area contributed by atoms with E-state index in [4.69, 9.17) is 11.6 Å². The Bertz CT molecular complexity index is 944. The minimum absolute atomic E-state index is 0.167. The summed E-state index contributed by atoms with van der Waals surface area (Å²) in [4.78, 5) is 18.7. The Morgan fingerprint density at radius 2 is 1.75 bits per heavy atom. The van der Waals surface area contributed by atoms with E-state index in [9.17, 15) is 18.0 Å². The first kappa shape index (κ1) is 19.9. The summed E-state index contributed by atoms with van der Waals surface area (Å²) in [5.41, 5.74) is 0.766. The molecule has 3 aromatic rings. The van der Waals surface area contributed by atoms with Crippen molar-refractivity contribution in [2.24, 2.45) is 0 Å². The zero-order chi connectivity index (χ0) is 20.1. The van der Waals surface area contributed by atoms with Gasteiger partial charge in [0.2, 0.25) is 5.91 Å². The molecule has 28 heavy (non-hydrogen) atoms. The quantitative estimate of drug-likeness (QED) is 0.560. The van der Waals surface area contributed by atoms with Crippen LogP contribution in [0.2, 0.25) is 5.02 Å². The molecule has 0 fully saturated rings. The zero-order valence-electron chi connectivity index (χ0n) is 14.7. The van der Waals surface area contributed by atoms with Gasteiger partial charge in [0, 0.05) is 16.9 Å². The van der Waals surface area contributed by atoms with Crippen molar-refractivity contribution in [3.63, 3.8) is 0 Å². The van der Waals surface area contributed by atoms with E-state index < -0.39 is 11.7 Å². The van der Waals surface area contributed by atoms with Gasteiger partial charge < -0.3 is 4.90 Å². The number of aromatic nitrogens is 1. The summed E-state index contributed by atoms with van der Waals surface area (Å²) in [5, 5.41) is 0.520. The van der Waals surface area contributed by atoms with E-state index in [0.717, 1.165) is 12.1 Å². The Morgan fingerprint density at radius 1 is 1.00 bits per heavy atom. The number of anilines is 1. The van der Waals surface area contributed by atoms with E-state index >= 15 is 0 Å². The third-order valence-corrected chi connectivity index (χ3v) is 4.35. The van der Waals surface area contributed by atoms with Crippen molar-refractivity contribution in [2.75, 3.05) is 4.90 Å². The summed E-state index contributed by atoms with van der Waals surface area (Å²) >= 11 is 5.92. The van der Waals surface area contributed by atoms with Gasteiger partial charge in [0.25, 0.3) is 0 Å². The summed E-state index contributed by atoms with van der Waals surface area (Å²) in [6, 6.07) is 16.8. The Balaban J connectivity index is 1.87. The fourth-order valence-corrected chi connectivity index (χ4v) is 2.85. The van der Waals surface area contributed by atoms with E-state index in [-0.39, 0.29) is 18.9 Å². The number of hydrogen-bond donors (Lipinski definition) is 0. The molecule has 7 heteroatoms. The number of pyridine rings is 1. The van der Waals surface area contributed by atoms with Crippen molar-refractivity contribution in [3.05, 3.63) is 94.8 Å². The Labute approximate surface area is 165 Å². The molecule has 0 aliphatic carbocycles. The second-order valence-corrected chi connectivity index (χ2v) is 6.59. The number of nitrogens with zero attached hydrogens (tertiary/aromatic N) is 2. The average Bonchev–Trinajstić information content (AvgIpc) is 2.67. The fourth-order valence-electron chi connectivity index (χ4n) is 2.73. The van der Waals surface area contributed by atoms with E-state index in [2.05, 4.69) is 4.98 Å². The number of halogens is 4. The van der Waals surface area contributed by atoms with Crippen LogP contribution in [-0.2, 0) is 23.9 Å². The highest BCUT2D eigenvalue weighted by Gasteiger charge is 2.30. The third-order valence-electron chi connectivity index (χ3n) is 4.10. The number of carbonyl (C=O) groups excluding carboxylic acids is 1. The van der Waals surface area contributed by atoms with Gasteiger partial charge in [0.05, 0.1) is 24.2 Å². The normalized spacial score (nSPS) is 11.3. The van der Waals surface area contributed by atoms with Crippen LogP contribution in [0.1, 0.15) is 16.8 Å². The van der Waals surface area contributed by atoms with Crippen LogP contribution in [0, 0.1) is 0 Å². The molecule has 0 atom stereocenters. The van der Waals surface area contributed by atoms with Gasteiger partial charge in [-0.3, -0.25) is 9.78 Å². The van der Waals surface area contributed by atoms with Crippen LogP contribution in [-0.4, -0.2) is 10.9 Å². The van der Waals surface area contributed by atoms with Crippen LogP contribution >= 0.6 is 11.6 Å². The SMILES string of the molecule is O=C(Cc1cccc(C(F)(F)F)c1)N(Cc1ccccn1)c1ccc(Cl)cc1. The van der Waals surface area contributed by atoms with Crippen molar-refractivity contribution >= 4 is 23.2 Å². The molecule has 0 N–H and O–H groups in total. The molecular weight excluding hydrogens is 389 g/mol. The lowest BCUT2D eigenvalue weighted by molar-refractivity contribution is -0.137. The monoisotopic (exact) mass is 404 g/mol. The molecule has 1 amide bonds. The highest BCUT2D eigenvalue weighted by molar-refractivity contribution is 6.30. The van der Waals surface area contributed by atoms with Gasteiger partial charge in [-0.15, -0.1) is 0 Å². The molecule has 144 valence electrons. The first-order valence-corrected chi connectivity index (χ1v) is 8.83. The van der Waals surface area contributed by atoms with Gasteiger partial charge in [-0.1, -0.05) is 35.9 Å². The molecule has 0 aliphatic heterocycles. The number of amides is 1. The number of alkyl halides is 3. The predicted octanol–water partition coefficient (Wildman–Crippen LogP) is 5.53. The molecule has 0 bridgehead atoms. The standard InChI is InChI=1S/C21H16ClF3N2O/c22-17-7-9-19(10-8-17)27(14-18-6-1-2-11-26-18)20(28)13-15-4-3-5-16(12-15)21(23,24)25/h1-12H,13-14H2. The lowest BCUT2D eigenvalue weighted by Gasteiger charge is -2.23. The molecule has 3 nitrogen and oxygen atoms in total. The van der Waals surface area contributed by atoms with Crippen LogP contribution in [0.4, 0.5) is 18.9 Å². The molecule has 0 saturated heterocycles. The molecule has 1 aromatic heterocycles. The topological polar surface area (TPSA) is 33.2 Å². The second kappa shape index (κ2) is 8.44. The molecule has 2 aromatic carbocycles. The Kier molecular flexibility index (Phi) is 5.99. The first-order chi connectivity index (χ1) is 13.3. The molecule has 0 unspecified atom stereocenters. The van der Waals surface area contributed by atoms with E-state index in [0.29, 0.717) is 22.0 Å². The van der Waals surface area contributed by atoms with Crippen LogP contribution in [0.25, 0.3) is 0 Å². The van der Waals surface area contributed by atoms with Crippen molar-refractivity contribution in [3.8, 4) is 0 Å². The zero-order valence-corrected chi connectivity index (χ0v) is 15.4. The predicted molar refractivity (Wildman–Crippen MR) is 102 cm³/mol. The van der Waals surface area contributed by atoms with Crippen LogP contribution in [0.15, 0.2) is 72.9 Å². The number of benzene rings is 2. The summed E-state index contributed by atoms with van der Waals surface area (Å²) in [7, 11) is 0. The number of rotatable bonds is 5. The molecule has 3 rings (SSSR count). The minimum atomic E-state index is -4.46. The first-order valence-electron chi connectivity index (χ1n) is 8.45. The van der Waals surface area contributed by atoms with E-state index in [1.54, 1.807) is 48.7 Å². The minimum Gasteiger partial charge on any atom is -0.306 e. The molecule has 0 radical (unpaired) electrons. The Hall–Kier alpha value is -2.86. The summed E-state index contributed by atoms with van der Waals surface area (Å²) in [6.07, 6.45) is -3.01. The molecular formula is C21H16ClF3N2O. The fraction of sp³-hybridized carbons (Fsp3) is 0.143. The number of hydrogen-bond acceptors (Lipinski definition) is 2. The maximum absolute atomic E-state index is 12.9. The van der Waals surface area contributed by atoms with E-state index in [1.165, 1.54) is 17.0 Å². The smallest absolute Gasteiger partial charge is 0.306 e. The Morgan fingerprint density at radius 3 is 2.39 bits per heavy atom. The van der Waals surface area contributed by atoms with Gasteiger partial charge in [0.1, 0.15) is 0 Å². The lowest BCUT2D eigenvalue weighted by atomic mass is 10.1. The number of carbonyl (C=O) groups is 1.